The lowest BCUT2D eigenvalue weighted by Gasteiger charge is -2.14. The Bertz CT molecular complexity index is 350. The van der Waals surface area contributed by atoms with Crippen LogP contribution in [-0.4, -0.2) is 6.61 Å². The van der Waals surface area contributed by atoms with E-state index in [1.165, 1.54) is 5.56 Å². The Labute approximate surface area is 79.0 Å². The molecule has 1 aromatic carbocycles. The first-order chi connectivity index (χ1) is 6.13. The summed E-state index contributed by atoms with van der Waals surface area (Å²) in [5.74, 6) is 1.02. The van der Waals surface area contributed by atoms with Crippen molar-refractivity contribution in [3.8, 4) is 5.75 Å². The standard InChI is InChI=1S/C12H14O/c1-4-9-5-6-10-11(7-9)13-8-12(10,2)3/h4-7H,1,8H2,2-3H3. The molecule has 0 unspecified atom stereocenters. The van der Waals surface area contributed by atoms with E-state index in [2.05, 4.69) is 38.6 Å². The lowest BCUT2D eigenvalue weighted by molar-refractivity contribution is 0.291. The molecule has 0 saturated carbocycles. The van der Waals surface area contributed by atoms with E-state index in [1.54, 1.807) is 0 Å². The van der Waals surface area contributed by atoms with Crippen molar-refractivity contribution in [3.63, 3.8) is 0 Å². The molecule has 0 fully saturated rings. The van der Waals surface area contributed by atoms with Crippen LogP contribution in [0.15, 0.2) is 24.8 Å². The first-order valence-electron chi connectivity index (χ1n) is 4.53. The Kier molecular flexibility index (Phi) is 1.69. The van der Waals surface area contributed by atoms with Gasteiger partial charge >= 0.3 is 0 Å². The predicted octanol–water partition coefficient (Wildman–Crippen LogP) is 3.00. The molecular weight excluding hydrogens is 160 g/mol. The van der Waals surface area contributed by atoms with Gasteiger partial charge in [-0.3, -0.25) is 0 Å². The highest BCUT2D eigenvalue weighted by Crippen LogP contribution is 2.38. The SMILES string of the molecule is C=Cc1ccc2c(c1)OCC2(C)C. The van der Waals surface area contributed by atoms with Gasteiger partial charge in [-0.1, -0.05) is 38.6 Å². The molecule has 0 amide bonds. The molecule has 2 rings (SSSR count). The smallest absolute Gasteiger partial charge is 0.123 e. The molecule has 0 spiro atoms. The molecule has 1 aliphatic heterocycles. The maximum atomic E-state index is 5.61. The van der Waals surface area contributed by atoms with E-state index in [0.29, 0.717) is 0 Å². The maximum absolute atomic E-state index is 5.61. The number of ether oxygens (including phenoxy) is 1. The number of benzene rings is 1. The minimum absolute atomic E-state index is 0.162. The highest BCUT2D eigenvalue weighted by Gasteiger charge is 2.31. The quantitative estimate of drug-likeness (QED) is 0.636. The Morgan fingerprint density at radius 2 is 2.23 bits per heavy atom. The fourth-order valence-corrected chi connectivity index (χ4v) is 1.68. The lowest BCUT2D eigenvalue weighted by atomic mass is 9.87. The molecule has 1 aromatic rings. The van der Waals surface area contributed by atoms with Gasteiger partial charge in [-0.2, -0.15) is 0 Å². The molecule has 0 bridgehead atoms. The van der Waals surface area contributed by atoms with Crippen LogP contribution in [0.4, 0.5) is 0 Å². The van der Waals surface area contributed by atoms with Crippen LogP contribution in [0, 0.1) is 0 Å². The molecule has 0 aliphatic carbocycles. The molecule has 0 aromatic heterocycles. The molecule has 0 atom stereocenters. The van der Waals surface area contributed by atoms with Crippen LogP contribution >= 0.6 is 0 Å². The van der Waals surface area contributed by atoms with Crippen molar-refractivity contribution in [2.45, 2.75) is 19.3 Å². The molecule has 0 radical (unpaired) electrons. The summed E-state index contributed by atoms with van der Waals surface area (Å²) < 4.78 is 5.61. The molecule has 13 heavy (non-hydrogen) atoms. The van der Waals surface area contributed by atoms with E-state index in [4.69, 9.17) is 4.74 Å². The average molecular weight is 174 g/mol. The van der Waals surface area contributed by atoms with Crippen molar-refractivity contribution < 1.29 is 4.74 Å². The molecule has 1 nitrogen and oxygen atoms in total. The Morgan fingerprint density at radius 1 is 1.46 bits per heavy atom. The zero-order chi connectivity index (χ0) is 9.47. The van der Waals surface area contributed by atoms with Gasteiger partial charge in [0, 0.05) is 11.0 Å². The van der Waals surface area contributed by atoms with Gasteiger partial charge in [0.05, 0.1) is 6.61 Å². The number of hydrogen-bond acceptors (Lipinski definition) is 1. The Balaban J connectivity index is 2.52. The van der Waals surface area contributed by atoms with Crippen molar-refractivity contribution in [1.29, 1.82) is 0 Å². The van der Waals surface area contributed by atoms with E-state index in [9.17, 15) is 0 Å². The fourth-order valence-electron chi connectivity index (χ4n) is 1.68. The van der Waals surface area contributed by atoms with Crippen LogP contribution in [0.3, 0.4) is 0 Å². The molecule has 68 valence electrons. The zero-order valence-electron chi connectivity index (χ0n) is 8.13. The van der Waals surface area contributed by atoms with E-state index in [-0.39, 0.29) is 5.41 Å². The highest BCUT2D eigenvalue weighted by atomic mass is 16.5. The number of fused-ring (bicyclic) bond motifs is 1. The summed E-state index contributed by atoms with van der Waals surface area (Å²) in [5, 5.41) is 0. The van der Waals surface area contributed by atoms with Gasteiger partial charge in [-0.15, -0.1) is 0 Å². The van der Waals surface area contributed by atoms with Crippen molar-refractivity contribution in [3.05, 3.63) is 35.9 Å². The Morgan fingerprint density at radius 3 is 2.92 bits per heavy atom. The number of rotatable bonds is 1. The minimum atomic E-state index is 0.162. The molecule has 0 N–H and O–H groups in total. The van der Waals surface area contributed by atoms with Crippen LogP contribution in [0.5, 0.6) is 5.75 Å². The third-order valence-corrected chi connectivity index (χ3v) is 2.56. The largest absolute Gasteiger partial charge is 0.492 e. The van der Waals surface area contributed by atoms with Crippen molar-refractivity contribution in [1.82, 2.24) is 0 Å². The highest BCUT2D eigenvalue weighted by molar-refractivity contribution is 5.54. The summed E-state index contributed by atoms with van der Waals surface area (Å²) in [4.78, 5) is 0. The first kappa shape index (κ1) is 8.36. The maximum Gasteiger partial charge on any atom is 0.123 e. The predicted molar refractivity (Wildman–Crippen MR) is 55.1 cm³/mol. The number of hydrogen-bond donors (Lipinski definition) is 0. The molecule has 1 aliphatic rings. The van der Waals surface area contributed by atoms with Gasteiger partial charge in [0.2, 0.25) is 0 Å². The van der Waals surface area contributed by atoms with Gasteiger partial charge in [-0.05, 0) is 11.6 Å². The van der Waals surface area contributed by atoms with Crippen LogP contribution in [0.25, 0.3) is 6.08 Å². The van der Waals surface area contributed by atoms with Gasteiger partial charge in [-0.25, -0.2) is 0 Å². The third-order valence-electron chi connectivity index (χ3n) is 2.56. The van der Waals surface area contributed by atoms with Crippen molar-refractivity contribution >= 4 is 6.08 Å². The summed E-state index contributed by atoms with van der Waals surface area (Å²) in [5.41, 5.74) is 2.59. The van der Waals surface area contributed by atoms with Gasteiger partial charge in [0.25, 0.3) is 0 Å². The summed E-state index contributed by atoms with van der Waals surface area (Å²) in [6, 6.07) is 6.28. The monoisotopic (exact) mass is 174 g/mol. The van der Waals surface area contributed by atoms with Gasteiger partial charge in [0.15, 0.2) is 0 Å². The van der Waals surface area contributed by atoms with Crippen LogP contribution < -0.4 is 4.74 Å². The Hall–Kier alpha value is -1.24. The normalized spacial score (nSPS) is 17.7. The van der Waals surface area contributed by atoms with E-state index in [0.717, 1.165) is 17.9 Å². The summed E-state index contributed by atoms with van der Waals surface area (Å²) >= 11 is 0. The van der Waals surface area contributed by atoms with E-state index >= 15 is 0 Å². The van der Waals surface area contributed by atoms with Crippen LogP contribution in [-0.2, 0) is 5.41 Å². The second-order valence-electron chi connectivity index (χ2n) is 4.13. The molecule has 0 saturated heterocycles. The van der Waals surface area contributed by atoms with E-state index < -0.39 is 0 Å². The van der Waals surface area contributed by atoms with Crippen molar-refractivity contribution in [2.24, 2.45) is 0 Å². The molecule has 1 heterocycles. The fraction of sp³-hybridized carbons (Fsp3) is 0.333. The second kappa shape index (κ2) is 2.63. The third kappa shape index (κ3) is 1.24. The summed E-state index contributed by atoms with van der Waals surface area (Å²) in [7, 11) is 0. The zero-order valence-corrected chi connectivity index (χ0v) is 8.13. The van der Waals surface area contributed by atoms with Crippen molar-refractivity contribution in [2.75, 3.05) is 6.61 Å². The van der Waals surface area contributed by atoms with Gasteiger partial charge < -0.3 is 4.74 Å². The summed E-state index contributed by atoms with van der Waals surface area (Å²) in [6.07, 6.45) is 1.84. The lowest BCUT2D eigenvalue weighted by Crippen LogP contribution is -2.18. The van der Waals surface area contributed by atoms with E-state index in [1.807, 2.05) is 6.08 Å². The van der Waals surface area contributed by atoms with Gasteiger partial charge in [0.1, 0.15) is 5.75 Å². The molecule has 1 heteroatoms. The second-order valence-corrected chi connectivity index (χ2v) is 4.13. The first-order valence-corrected chi connectivity index (χ1v) is 4.53. The minimum Gasteiger partial charge on any atom is -0.492 e. The summed E-state index contributed by atoms with van der Waals surface area (Å²) in [6.45, 7) is 8.92. The average Bonchev–Trinajstić information content (AvgIpc) is 2.42. The van der Waals surface area contributed by atoms with Crippen LogP contribution in [0.2, 0.25) is 0 Å². The van der Waals surface area contributed by atoms with Crippen LogP contribution in [0.1, 0.15) is 25.0 Å². The molecular formula is C12H14O. The topological polar surface area (TPSA) is 9.23 Å².